The predicted molar refractivity (Wildman–Crippen MR) is 118 cm³/mol. The quantitative estimate of drug-likeness (QED) is 0.649. The molecule has 0 radical (unpaired) electrons. The highest BCUT2D eigenvalue weighted by molar-refractivity contribution is 7.13. The summed E-state index contributed by atoms with van der Waals surface area (Å²) < 4.78 is 5.42. The van der Waals surface area contributed by atoms with Gasteiger partial charge in [0, 0.05) is 35.4 Å². The highest BCUT2D eigenvalue weighted by Crippen LogP contribution is 2.27. The number of aromatic amines is 1. The lowest BCUT2D eigenvalue weighted by molar-refractivity contribution is 0.0199. The van der Waals surface area contributed by atoms with Crippen molar-refractivity contribution in [1.82, 2.24) is 20.2 Å². The van der Waals surface area contributed by atoms with Crippen molar-refractivity contribution in [2.45, 2.75) is 45.3 Å². The van der Waals surface area contributed by atoms with Crippen molar-refractivity contribution < 1.29 is 14.3 Å². The summed E-state index contributed by atoms with van der Waals surface area (Å²) >= 11 is 1.45. The normalized spacial score (nSPS) is 15.4. The lowest BCUT2D eigenvalue weighted by Crippen LogP contribution is -2.47. The molecule has 0 spiro atoms. The van der Waals surface area contributed by atoms with Crippen LogP contribution < -0.4 is 5.32 Å². The molecule has 1 saturated heterocycles. The van der Waals surface area contributed by atoms with Gasteiger partial charge in [-0.1, -0.05) is 18.2 Å². The number of para-hydroxylation sites is 1. The van der Waals surface area contributed by atoms with Gasteiger partial charge in [0.2, 0.25) is 0 Å². The minimum absolute atomic E-state index is 0.0226. The summed E-state index contributed by atoms with van der Waals surface area (Å²) in [5, 5.41) is 6.74. The second kappa shape index (κ2) is 8.10. The Hall–Kier alpha value is -2.87. The number of hydrogen-bond acceptors (Lipinski definition) is 5. The number of thiazole rings is 1. The third-order valence-corrected chi connectivity index (χ3v) is 5.85. The second-order valence-electron chi connectivity index (χ2n) is 8.52. The van der Waals surface area contributed by atoms with Gasteiger partial charge in [-0.15, -0.1) is 11.3 Å². The Morgan fingerprint density at radius 1 is 1.23 bits per heavy atom. The average Bonchev–Trinajstić information content (AvgIpc) is 3.34. The van der Waals surface area contributed by atoms with Crippen LogP contribution in [0.15, 0.2) is 35.7 Å². The van der Waals surface area contributed by atoms with E-state index in [0.29, 0.717) is 31.6 Å². The summed E-state index contributed by atoms with van der Waals surface area (Å²) in [6.07, 6.45) is 1.10. The van der Waals surface area contributed by atoms with Crippen molar-refractivity contribution in [2.75, 3.05) is 13.1 Å². The van der Waals surface area contributed by atoms with Gasteiger partial charge in [0.05, 0.1) is 5.69 Å². The van der Waals surface area contributed by atoms with E-state index < -0.39 is 5.60 Å². The molecule has 1 fully saturated rings. The van der Waals surface area contributed by atoms with Crippen LogP contribution in [0.3, 0.4) is 0 Å². The first-order valence-corrected chi connectivity index (χ1v) is 11.0. The Bertz CT molecular complexity index is 1020. The fraction of sp³-hybridized carbons (Fsp3) is 0.409. The monoisotopic (exact) mass is 426 g/mol. The minimum Gasteiger partial charge on any atom is -0.444 e. The second-order valence-corrected chi connectivity index (χ2v) is 9.38. The number of fused-ring (bicyclic) bond motifs is 1. The van der Waals surface area contributed by atoms with E-state index in [-0.39, 0.29) is 18.0 Å². The van der Waals surface area contributed by atoms with Gasteiger partial charge in [0.1, 0.15) is 16.3 Å². The number of H-pyrrole nitrogens is 1. The SMILES string of the molecule is CC(C)(C)OC(=O)N1CCC(NC(=O)c2csc(-c3cc4ccccc4[nH]3)n2)CC1. The van der Waals surface area contributed by atoms with Gasteiger partial charge in [0.15, 0.2) is 0 Å². The van der Waals surface area contributed by atoms with Crippen molar-refractivity contribution in [3.63, 3.8) is 0 Å². The third-order valence-electron chi connectivity index (χ3n) is 4.98. The third kappa shape index (κ3) is 4.64. The molecule has 158 valence electrons. The smallest absolute Gasteiger partial charge is 0.410 e. The van der Waals surface area contributed by atoms with E-state index in [1.54, 1.807) is 10.3 Å². The first-order valence-electron chi connectivity index (χ1n) is 10.1. The molecule has 0 atom stereocenters. The molecule has 0 saturated carbocycles. The zero-order valence-electron chi connectivity index (χ0n) is 17.4. The Labute approximate surface area is 179 Å². The first-order chi connectivity index (χ1) is 14.3. The molecule has 3 aromatic rings. The van der Waals surface area contributed by atoms with E-state index in [0.717, 1.165) is 21.6 Å². The molecule has 1 aliphatic rings. The van der Waals surface area contributed by atoms with Crippen LogP contribution in [-0.4, -0.2) is 51.6 Å². The molecule has 2 aromatic heterocycles. The van der Waals surface area contributed by atoms with Gasteiger partial charge in [-0.3, -0.25) is 4.79 Å². The maximum Gasteiger partial charge on any atom is 0.410 e. The summed E-state index contributed by atoms with van der Waals surface area (Å²) in [7, 11) is 0. The van der Waals surface area contributed by atoms with Crippen LogP contribution in [0.1, 0.15) is 44.1 Å². The zero-order valence-corrected chi connectivity index (χ0v) is 18.2. The van der Waals surface area contributed by atoms with Gasteiger partial charge < -0.3 is 19.9 Å². The van der Waals surface area contributed by atoms with Crippen LogP contribution in [0.2, 0.25) is 0 Å². The number of ether oxygens (including phenoxy) is 1. The number of piperidine rings is 1. The molecule has 7 nitrogen and oxygen atoms in total. The van der Waals surface area contributed by atoms with E-state index in [9.17, 15) is 9.59 Å². The lowest BCUT2D eigenvalue weighted by Gasteiger charge is -2.33. The Morgan fingerprint density at radius 3 is 2.67 bits per heavy atom. The summed E-state index contributed by atoms with van der Waals surface area (Å²) in [5.74, 6) is -0.177. The fourth-order valence-corrected chi connectivity index (χ4v) is 4.25. The largest absolute Gasteiger partial charge is 0.444 e. The van der Waals surface area contributed by atoms with Crippen molar-refractivity contribution in [1.29, 1.82) is 0 Å². The Kier molecular flexibility index (Phi) is 5.51. The highest BCUT2D eigenvalue weighted by atomic mass is 32.1. The van der Waals surface area contributed by atoms with Crippen LogP contribution in [0.25, 0.3) is 21.6 Å². The van der Waals surface area contributed by atoms with Crippen molar-refractivity contribution in [2.24, 2.45) is 0 Å². The number of nitrogens with one attached hydrogen (secondary N) is 2. The molecule has 1 aromatic carbocycles. The molecular formula is C22H26N4O3S. The van der Waals surface area contributed by atoms with Crippen LogP contribution in [-0.2, 0) is 4.74 Å². The molecule has 30 heavy (non-hydrogen) atoms. The van der Waals surface area contributed by atoms with Gasteiger partial charge in [0.25, 0.3) is 5.91 Å². The maximum atomic E-state index is 12.7. The maximum absolute atomic E-state index is 12.7. The number of carbonyl (C=O) groups excluding carboxylic acids is 2. The van der Waals surface area contributed by atoms with Crippen LogP contribution >= 0.6 is 11.3 Å². The number of aromatic nitrogens is 2. The Morgan fingerprint density at radius 2 is 1.97 bits per heavy atom. The number of nitrogens with zero attached hydrogens (tertiary/aromatic N) is 2. The lowest BCUT2D eigenvalue weighted by atomic mass is 10.1. The van der Waals surface area contributed by atoms with Crippen molar-refractivity contribution in [3.05, 3.63) is 41.4 Å². The van der Waals surface area contributed by atoms with Crippen LogP contribution in [0, 0.1) is 0 Å². The topological polar surface area (TPSA) is 87.3 Å². The predicted octanol–water partition coefficient (Wildman–Crippen LogP) is 4.42. The van der Waals surface area contributed by atoms with E-state index in [1.807, 2.05) is 51.1 Å². The number of carbonyl (C=O) groups is 2. The van der Waals surface area contributed by atoms with E-state index in [4.69, 9.17) is 4.74 Å². The molecule has 0 bridgehead atoms. The summed E-state index contributed by atoms with van der Waals surface area (Å²) in [6, 6.07) is 10.1. The molecular weight excluding hydrogens is 400 g/mol. The molecule has 0 unspecified atom stereocenters. The molecule has 3 heterocycles. The summed E-state index contributed by atoms with van der Waals surface area (Å²) in [4.78, 5) is 34.4. The number of likely N-dealkylation sites (tertiary alicyclic amines) is 1. The van der Waals surface area contributed by atoms with Gasteiger partial charge in [-0.2, -0.15) is 0 Å². The van der Waals surface area contributed by atoms with Gasteiger partial charge >= 0.3 is 6.09 Å². The zero-order chi connectivity index (χ0) is 21.3. The number of hydrogen-bond donors (Lipinski definition) is 2. The standard InChI is InChI=1S/C22H26N4O3S/c1-22(2,3)29-21(28)26-10-8-15(9-11-26)23-19(27)18-13-30-20(25-18)17-12-14-6-4-5-7-16(14)24-17/h4-7,12-13,15,24H,8-11H2,1-3H3,(H,23,27). The van der Waals surface area contributed by atoms with E-state index in [2.05, 4.69) is 15.3 Å². The molecule has 2 amide bonds. The van der Waals surface area contributed by atoms with Gasteiger partial charge in [-0.05, 0) is 45.7 Å². The fourth-order valence-electron chi connectivity index (χ4n) is 3.48. The van der Waals surface area contributed by atoms with E-state index in [1.165, 1.54) is 11.3 Å². The average molecular weight is 427 g/mol. The molecule has 8 heteroatoms. The molecule has 2 N–H and O–H groups in total. The summed E-state index contributed by atoms with van der Waals surface area (Å²) in [6.45, 7) is 6.70. The minimum atomic E-state index is -0.505. The first kappa shape index (κ1) is 20.4. The summed E-state index contributed by atoms with van der Waals surface area (Å²) in [5.41, 5.74) is 1.87. The number of amides is 2. The molecule has 4 rings (SSSR count). The highest BCUT2D eigenvalue weighted by Gasteiger charge is 2.28. The molecule has 1 aliphatic heterocycles. The Balaban J connectivity index is 1.33. The van der Waals surface area contributed by atoms with Gasteiger partial charge in [-0.25, -0.2) is 9.78 Å². The number of rotatable bonds is 3. The molecule has 0 aliphatic carbocycles. The number of benzene rings is 1. The van der Waals surface area contributed by atoms with Crippen molar-refractivity contribution >= 4 is 34.2 Å². The van der Waals surface area contributed by atoms with Crippen LogP contribution in [0.5, 0.6) is 0 Å². The van der Waals surface area contributed by atoms with Crippen LogP contribution in [0.4, 0.5) is 4.79 Å². The van der Waals surface area contributed by atoms with E-state index >= 15 is 0 Å². The van der Waals surface area contributed by atoms with Crippen molar-refractivity contribution in [3.8, 4) is 10.7 Å².